The molecular formula is C23H24N6O. The Labute approximate surface area is 175 Å². The van der Waals surface area contributed by atoms with E-state index in [0.29, 0.717) is 23.6 Å². The number of anilines is 2. The van der Waals surface area contributed by atoms with E-state index in [1.54, 1.807) is 0 Å². The molecule has 2 unspecified atom stereocenters. The maximum atomic E-state index is 9.35. The van der Waals surface area contributed by atoms with Gasteiger partial charge in [0, 0.05) is 24.9 Å². The smallest absolute Gasteiger partial charge is 0.158 e. The van der Waals surface area contributed by atoms with Crippen LogP contribution in [-0.4, -0.2) is 40.5 Å². The minimum atomic E-state index is -0.0295. The maximum Gasteiger partial charge on any atom is 0.158 e. The van der Waals surface area contributed by atoms with Crippen molar-refractivity contribution in [1.82, 2.24) is 15.2 Å². The molecule has 3 aliphatic heterocycles. The van der Waals surface area contributed by atoms with Crippen LogP contribution in [0.2, 0.25) is 0 Å². The van der Waals surface area contributed by atoms with Crippen molar-refractivity contribution < 1.29 is 4.74 Å². The Morgan fingerprint density at radius 3 is 2.73 bits per heavy atom. The van der Waals surface area contributed by atoms with Gasteiger partial charge in [-0.3, -0.25) is 4.98 Å². The summed E-state index contributed by atoms with van der Waals surface area (Å²) in [6.07, 6.45) is 3.76. The van der Waals surface area contributed by atoms with Gasteiger partial charge >= 0.3 is 0 Å². The highest BCUT2D eigenvalue weighted by Crippen LogP contribution is 2.34. The van der Waals surface area contributed by atoms with Crippen molar-refractivity contribution in [3.8, 4) is 6.07 Å². The predicted octanol–water partition coefficient (Wildman–Crippen LogP) is 3.66. The second-order valence-corrected chi connectivity index (χ2v) is 8.24. The van der Waals surface area contributed by atoms with Crippen molar-refractivity contribution in [3.63, 3.8) is 0 Å². The average Bonchev–Trinajstić information content (AvgIpc) is 2.75. The molecule has 1 aromatic carbocycles. The molecule has 6 rings (SSSR count). The van der Waals surface area contributed by atoms with E-state index in [2.05, 4.69) is 39.5 Å². The van der Waals surface area contributed by atoms with Gasteiger partial charge in [0.15, 0.2) is 5.82 Å². The van der Waals surface area contributed by atoms with Gasteiger partial charge in [-0.2, -0.15) is 10.4 Å². The number of benzene rings is 1. The van der Waals surface area contributed by atoms with Gasteiger partial charge in [0.1, 0.15) is 0 Å². The van der Waals surface area contributed by atoms with Crippen molar-refractivity contribution >= 4 is 22.4 Å². The summed E-state index contributed by atoms with van der Waals surface area (Å²) in [5, 5.41) is 22.6. The molecule has 0 radical (unpaired) electrons. The third-order valence-corrected chi connectivity index (χ3v) is 6.21. The molecule has 0 aliphatic carbocycles. The number of morpholine rings is 1. The first-order valence-corrected chi connectivity index (χ1v) is 10.3. The molecule has 0 saturated carbocycles. The highest BCUT2D eigenvalue weighted by atomic mass is 16.5. The number of hydrogen-bond acceptors (Lipinski definition) is 7. The van der Waals surface area contributed by atoms with E-state index >= 15 is 0 Å². The fourth-order valence-electron chi connectivity index (χ4n) is 4.52. The van der Waals surface area contributed by atoms with Crippen LogP contribution in [0.3, 0.4) is 0 Å². The fraction of sp³-hybridized carbons (Fsp3) is 0.391. The number of aromatic nitrogens is 3. The average molecular weight is 400 g/mol. The molecule has 5 heterocycles. The minimum absolute atomic E-state index is 0.0295. The van der Waals surface area contributed by atoms with Crippen molar-refractivity contribution in [1.29, 1.82) is 5.26 Å². The zero-order valence-corrected chi connectivity index (χ0v) is 17.4. The number of nitriles is 1. The molecule has 0 spiro atoms. The lowest BCUT2D eigenvalue weighted by molar-refractivity contribution is -0.133. The first kappa shape index (κ1) is 18.8. The first-order chi connectivity index (χ1) is 14.5. The molecule has 152 valence electrons. The summed E-state index contributed by atoms with van der Waals surface area (Å²) in [6.45, 7) is 7.79. The Bertz CT molecular complexity index is 1150. The van der Waals surface area contributed by atoms with E-state index in [1.165, 1.54) is 0 Å². The Morgan fingerprint density at radius 1 is 1.23 bits per heavy atom. The topological polar surface area (TPSA) is 87.0 Å². The molecular weight excluding hydrogens is 376 g/mol. The third kappa shape index (κ3) is 3.14. The normalized spacial score (nSPS) is 21.1. The van der Waals surface area contributed by atoms with Crippen molar-refractivity contribution in [3.05, 3.63) is 52.8 Å². The summed E-state index contributed by atoms with van der Waals surface area (Å²) in [5.41, 5.74) is 5.49. The summed E-state index contributed by atoms with van der Waals surface area (Å²) in [7, 11) is 0. The van der Waals surface area contributed by atoms with Gasteiger partial charge in [-0.05, 0) is 44.0 Å². The Kier molecular flexibility index (Phi) is 4.52. The van der Waals surface area contributed by atoms with Gasteiger partial charge in [0.25, 0.3) is 0 Å². The van der Waals surface area contributed by atoms with E-state index in [4.69, 9.17) is 9.72 Å². The predicted molar refractivity (Wildman–Crippen MR) is 115 cm³/mol. The monoisotopic (exact) mass is 400 g/mol. The molecule has 7 heteroatoms. The molecule has 3 atom stereocenters. The second kappa shape index (κ2) is 7.22. The largest absolute Gasteiger partial charge is 0.371 e. The van der Waals surface area contributed by atoms with E-state index in [9.17, 15) is 5.26 Å². The maximum absolute atomic E-state index is 9.35. The molecule has 3 saturated heterocycles. The van der Waals surface area contributed by atoms with Crippen LogP contribution >= 0.6 is 0 Å². The Morgan fingerprint density at radius 2 is 2.00 bits per heavy atom. The van der Waals surface area contributed by atoms with E-state index in [1.807, 2.05) is 38.2 Å². The molecule has 30 heavy (non-hydrogen) atoms. The molecule has 2 bridgehead atoms. The van der Waals surface area contributed by atoms with Crippen LogP contribution in [-0.2, 0) is 4.74 Å². The molecule has 3 aliphatic rings. The van der Waals surface area contributed by atoms with E-state index in [0.717, 1.165) is 52.9 Å². The zero-order valence-electron chi connectivity index (χ0n) is 17.4. The zero-order chi connectivity index (χ0) is 20.8. The number of nitrogens with zero attached hydrogens (tertiary/aromatic N) is 5. The number of piperidine rings is 1. The summed E-state index contributed by atoms with van der Waals surface area (Å²) in [4.78, 5) is 7.06. The lowest BCUT2D eigenvalue weighted by Gasteiger charge is -2.47. The van der Waals surface area contributed by atoms with Crippen LogP contribution < -0.4 is 10.2 Å². The highest BCUT2D eigenvalue weighted by molar-refractivity contribution is 5.92. The molecule has 0 amide bonds. The van der Waals surface area contributed by atoms with Gasteiger partial charge in [-0.1, -0.05) is 12.1 Å². The van der Waals surface area contributed by atoms with Crippen LogP contribution in [0.5, 0.6) is 0 Å². The lowest BCUT2D eigenvalue weighted by atomic mass is 9.98. The van der Waals surface area contributed by atoms with E-state index < -0.39 is 0 Å². The summed E-state index contributed by atoms with van der Waals surface area (Å²) in [5.74, 6) is 0.706. The van der Waals surface area contributed by atoms with Crippen LogP contribution in [0.4, 0.5) is 11.5 Å². The standard InChI is InChI=1S/C23H24N6O/c1-13-16(9-24)5-4-6-20(13)14(2)26-23-21-7-17(10-25-22(21)15(3)27-28-23)29-11-18-8-19(12-29)30-18/h4-7,10,14,18-19H,8,11-12H2,1-3H3,(H,26,28)/t14-,18?,19?/m1/s1. The SMILES string of the molecule is Cc1c(C#N)cccc1[C@@H](C)Nc1nnc(C)c2ncc(N3CC4CC(C3)O4)cc12. The number of fused-ring (bicyclic) bond motifs is 3. The summed E-state index contributed by atoms with van der Waals surface area (Å²) >= 11 is 0. The van der Waals surface area contributed by atoms with Crippen molar-refractivity contribution in [2.75, 3.05) is 23.3 Å². The Hall–Kier alpha value is -3.24. The minimum Gasteiger partial charge on any atom is -0.371 e. The molecule has 3 aromatic rings. The molecule has 2 aromatic heterocycles. The molecule has 7 nitrogen and oxygen atoms in total. The van der Waals surface area contributed by atoms with Gasteiger partial charge in [0.2, 0.25) is 0 Å². The summed E-state index contributed by atoms with van der Waals surface area (Å²) < 4.78 is 5.77. The number of hydrogen-bond donors (Lipinski definition) is 1. The third-order valence-electron chi connectivity index (χ3n) is 6.21. The van der Waals surface area contributed by atoms with Gasteiger partial charge < -0.3 is 15.0 Å². The van der Waals surface area contributed by atoms with E-state index in [-0.39, 0.29) is 6.04 Å². The number of ether oxygens (including phenoxy) is 1. The number of aryl methyl sites for hydroxylation is 1. The van der Waals surface area contributed by atoms with Crippen LogP contribution in [0.15, 0.2) is 30.5 Å². The van der Waals surface area contributed by atoms with Gasteiger partial charge in [-0.15, -0.1) is 5.10 Å². The van der Waals surface area contributed by atoms with Gasteiger partial charge in [0.05, 0.1) is 53.0 Å². The molecule has 3 fully saturated rings. The van der Waals surface area contributed by atoms with Gasteiger partial charge in [-0.25, -0.2) is 0 Å². The fourth-order valence-corrected chi connectivity index (χ4v) is 4.52. The van der Waals surface area contributed by atoms with Crippen LogP contribution in [0, 0.1) is 25.2 Å². The number of pyridine rings is 1. The number of rotatable bonds is 4. The van der Waals surface area contributed by atoms with Crippen LogP contribution in [0.25, 0.3) is 10.9 Å². The Balaban J connectivity index is 1.50. The summed E-state index contributed by atoms with van der Waals surface area (Å²) in [6, 6.07) is 10.2. The van der Waals surface area contributed by atoms with Crippen molar-refractivity contribution in [2.45, 2.75) is 45.4 Å². The molecule has 1 N–H and O–H groups in total. The number of nitrogens with one attached hydrogen (secondary N) is 1. The van der Waals surface area contributed by atoms with Crippen LogP contribution in [0.1, 0.15) is 41.8 Å². The lowest BCUT2D eigenvalue weighted by Crippen LogP contribution is -2.57. The highest BCUT2D eigenvalue weighted by Gasteiger charge is 2.38. The quantitative estimate of drug-likeness (QED) is 0.715. The van der Waals surface area contributed by atoms with Crippen molar-refractivity contribution in [2.24, 2.45) is 0 Å². The first-order valence-electron chi connectivity index (χ1n) is 10.3. The second-order valence-electron chi connectivity index (χ2n) is 8.24.